The first kappa shape index (κ1) is 15.9. The molecule has 0 aromatic heterocycles. The molecule has 0 unspecified atom stereocenters. The van der Waals surface area contributed by atoms with Crippen LogP contribution in [-0.4, -0.2) is 23.9 Å². The van der Waals surface area contributed by atoms with Crippen LogP contribution in [0.15, 0.2) is 41.7 Å². The van der Waals surface area contributed by atoms with Crippen molar-refractivity contribution in [3.05, 3.63) is 47.3 Å². The average Bonchev–Trinajstić information content (AvgIpc) is 2.55. The summed E-state index contributed by atoms with van der Waals surface area (Å²) in [4.78, 5) is 14.1. The van der Waals surface area contributed by atoms with Crippen molar-refractivity contribution in [3.63, 3.8) is 0 Å². The van der Waals surface area contributed by atoms with Gasteiger partial charge >= 0.3 is 0 Å². The number of piperidine rings is 1. The topological polar surface area (TPSA) is 82.2 Å². The van der Waals surface area contributed by atoms with Gasteiger partial charge in [0.1, 0.15) is 11.9 Å². The van der Waals surface area contributed by atoms with Crippen molar-refractivity contribution in [1.29, 1.82) is 5.26 Å². The molecule has 1 aromatic carbocycles. The molecular formula is C17H22N4O. The molecule has 1 fully saturated rings. The van der Waals surface area contributed by atoms with Crippen LogP contribution >= 0.6 is 0 Å². The predicted octanol–water partition coefficient (Wildman–Crippen LogP) is 1.73. The maximum absolute atomic E-state index is 12.2. The number of hydrogen-bond acceptors (Lipinski definition) is 4. The fraction of sp³-hybridized carbons (Fsp3) is 0.412. The molecule has 0 atom stereocenters. The van der Waals surface area contributed by atoms with Crippen LogP contribution in [-0.2, 0) is 11.3 Å². The largest absolute Gasteiger partial charge is 0.384 e. The van der Waals surface area contributed by atoms with Gasteiger partial charge in [-0.15, -0.1) is 0 Å². The number of benzene rings is 1. The Bertz CT molecular complexity index is 580. The number of carbonyl (C=O) groups is 1. The number of nitrogens with two attached hydrogens (primary N) is 1. The van der Waals surface area contributed by atoms with Gasteiger partial charge in [-0.25, -0.2) is 0 Å². The molecule has 1 heterocycles. The van der Waals surface area contributed by atoms with Crippen molar-refractivity contribution >= 4 is 5.91 Å². The summed E-state index contributed by atoms with van der Waals surface area (Å²) >= 11 is 0. The molecule has 1 aliphatic rings. The van der Waals surface area contributed by atoms with E-state index in [1.165, 1.54) is 0 Å². The second kappa shape index (κ2) is 7.51. The highest BCUT2D eigenvalue weighted by Gasteiger charge is 2.21. The zero-order valence-corrected chi connectivity index (χ0v) is 12.9. The molecule has 22 heavy (non-hydrogen) atoms. The summed E-state index contributed by atoms with van der Waals surface area (Å²) in [5, 5.41) is 12.0. The highest BCUT2D eigenvalue weighted by atomic mass is 16.1. The molecule has 0 radical (unpaired) electrons. The first-order valence-electron chi connectivity index (χ1n) is 7.58. The Kier molecular flexibility index (Phi) is 5.42. The van der Waals surface area contributed by atoms with Gasteiger partial charge in [-0.3, -0.25) is 4.79 Å². The SMILES string of the molecule is CC1CCN(/C(N)=C(/C#N)C(=O)NCc2ccccc2)CC1. The molecule has 116 valence electrons. The standard InChI is InChI=1S/C17H22N4O/c1-13-7-9-21(10-8-13)16(19)15(11-18)17(22)20-12-14-5-3-2-4-6-14/h2-6,13H,7-10,12,19H2,1H3,(H,20,22)/b16-15-. The smallest absolute Gasteiger partial charge is 0.265 e. The lowest BCUT2D eigenvalue weighted by Gasteiger charge is -2.32. The minimum atomic E-state index is -0.414. The van der Waals surface area contributed by atoms with Crippen LogP contribution in [0.1, 0.15) is 25.3 Å². The Balaban J connectivity index is 2.01. The summed E-state index contributed by atoms with van der Waals surface area (Å²) < 4.78 is 0. The number of nitrogens with one attached hydrogen (secondary N) is 1. The van der Waals surface area contributed by atoms with Crippen molar-refractivity contribution in [3.8, 4) is 6.07 Å². The molecule has 0 bridgehead atoms. The van der Waals surface area contributed by atoms with Crippen LogP contribution in [0.25, 0.3) is 0 Å². The van der Waals surface area contributed by atoms with Crippen molar-refractivity contribution in [2.75, 3.05) is 13.1 Å². The van der Waals surface area contributed by atoms with Crippen LogP contribution in [0.3, 0.4) is 0 Å². The lowest BCUT2D eigenvalue weighted by atomic mass is 9.99. The molecule has 0 spiro atoms. The molecule has 1 aliphatic heterocycles. The summed E-state index contributed by atoms with van der Waals surface area (Å²) in [5.41, 5.74) is 7.03. The summed E-state index contributed by atoms with van der Waals surface area (Å²) in [5.74, 6) is 0.545. The quantitative estimate of drug-likeness (QED) is 0.655. The van der Waals surface area contributed by atoms with E-state index in [9.17, 15) is 10.1 Å². The number of hydrogen-bond donors (Lipinski definition) is 2. The van der Waals surface area contributed by atoms with Crippen molar-refractivity contribution in [2.45, 2.75) is 26.3 Å². The minimum Gasteiger partial charge on any atom is -0.384 e. The highest BCUT2D eigenvalue weighted by Crippen LogP contribution is 2.19. The molecule has 1 saturated heterocycles. The molecule has 2 rings (SSSR count). The van der Waals surface area contributed by atoms with E-state index in [1.807, 2.05) is 41.3 Å². The zero-order valence-electron chi connectivity index (χ0n) is 12.9. The van der Waals surface area contributed by atoms with E-state index in [0.717, 1.165) is 31.5 Å². The van der Waals surface area contributed by atoms with Gasteiger partial charge in [0.05, 0.1) is 0 Å². The van der Waals surface area contributed by atoms with Gasteiger partial charge in [-0.05, 0) is 24.3 Å². The van der Waals surface area contributed by atoms with Crippen LogP contribution in [0.4, 0.5) is 0 Å². The number of carbonyl (C=O) groups excluding carboxylic acids is 1. The number of likely N-dealkylation sites (tertiary alicyclic amines) is 1. The summed E-state index contributed by atoms with van der Waals surface area (Å²) in [6, 6.07) is 11.5. The summed E-state index contributed by atoms with van der Waals surface area (Å²) in [6.45, 7) is 4.18. The first-order valence-corrected chi connectivity index (χ1v) is 7.58. The number of nitriles is 1. The first-order chi connectivity index (χ1) is 10.6. The Morgan fingerprint density at radius 2 is 2.00 bits per heavy atom. The lowest BCUT2D eigenvalue weighted by molar-refractivity contribution is -0.117. The van der Waals surface area contributed by atoms with Gasteiger partial charge < -0.3 is 16.0 Å². The molecule has 1 aromatic rings. The molecular weight excluding hydrogens is 276 g/mol. The average molecular weight is 298 g/mol. The van der Waals surface area contributed by atoms with E-state index in [4.69, 9.17) is 5.73 Å². The molecule has 5 nitrogen and oxygen atoms in total. The lowest BCUT2D eigenvalue weighted by Crippen LogP contribution is -2.38. The number of nitrogens with zero attached hydrogens (tertiary/aromatic N) is 2. The molecule has 5 heteroatoms. The minimum absolute atomic E-state index is 0.00508. The van der Waals surface area contributed by atoms with Gasteiger partial charge in [0.2, 0.25) is 0 Å². The Morgan fingerprint density at radius 1 is 1.36 bits per heavy atom. The van der Waals surface area contributed by atoms with E-state index in [0.29, 0.717) is 18.3 Å². The van der Waals surface area contributed by atoms with E-state index in [1.54, 1.807) is 0 Å². The van der Waals surface area contributed by atoms with Crippen LogP contribution in [0.5, 0.6) is 0 Å². The van der Waals surface area contributed by atoms with Crippen molar-refractivity contribution in [2.24, 2.45) is 11.7 Å². The van der Waals surface area contributed by atoms with Crippen molar-refractivity contribution in [1.82, 2.24) is 10.2 Å². The fourth-order valence-corrected chi connectivity index (χ4v) is 2.50. The van der Waals surface area contributed by atoms with E-state index in [-0.39, 0.29) is 5.57 Å². The van der Waals surface area contributed by atoms with E-state index in [2.05, 4.69) is 12.2 Å². The zero-order chi connectivity index (χ0) is 15.9. The molecule has 0 aliphatic carbocycles. The third-order valence-electron chi connectivity index (χ3n) is 4.02. The van der Waals surface area contributed by atoms with Gasteiger partial charge in [-0.1, -0.05) is 37.3 Å². The second-order valence-corrected chi connectivity index (χ2v) is 5.71. The number of amides is 1. The van der Waals surface area contributed by atoms with Crippen molar-refractivity contribution < 1.29 is 4.79 Å². The maximum atomic E-state index is 12.2. The third kappa shape index (κ3) is 4.01. The van der Waals surface area contributed by atoms with Crippen LogP contribution in [0, 0.1) is 17.2 Å². The monoisotopic (exact) mass is 298 g/mol. The van der Waals surface area contributed by atoms with E-state index >= 15 is 0 Å². The summed E-state index contributed by atoms with van der Waals surface area (Å²) in [6.07, 6.45) is 2.07. The Morgan fingerprint density at radius 3 is 2.59 bits per heavy atom. The van der Waals surface area contributed by atoms with E-state index < -0.39 is 5.91 Å². The highest BCUT2D eigenvalue weighted by molar-refractivity contribution is 5.97. The van der Waals surface area contributed by atoms with Gasteiger partial charge in [0, 0.05) is 19.6 Å². The fourth-order valence-electron chi connectivity index (χ4n) is 2.50. The normalized spacial score (nSPS) is 16.6. The Labute approximate surface area is 131 Å². The molecule has 0 saturated carbocycles. The maximum Gasteiger partial charge on any atom is 0.265 e. The second-order valence-electron chi connectivity index (χ2n) is 5.71. The third-order valence-corrected chi connectivity index (χ3v) is 4.02. The molecule has 1 amide bonds. The van der Waals surface area contributed by atoms with Crippen LogP contribution < -0.4 is 11.1 Å². The summed E-state index contributed by atoms with van der Waals surface area (Å²) in [7, 11) is 0. The predicted molar refractivity (Wildman–Crippen MR) is 85.1 cm³/mol. The Hall–Kier alpha value is -2.48. The number of rotatable bonds is 4. The van der Waals surface area contributed by atoms with Gasteiger partial charge in [0.15, 0.2) is 5.57 Å². The molecule has 3 N–H and O–H groups in total. The van der Waals surface area contributed by atoms with Gasteiger partial charge in [0.25, 0.3) is 5.91 Å². The van der Waals surface area contributed by atoms with Gasteiger partial charge in [-0.2, -0.15) is 5.26 Å². The van der Waals surface area contributed by atoms with Crippen LogP contribution in [0.2, 0.25) is 0 Å².